The first-order valence-electron chi connectivity index (χ1n) is 7.85. The molecule has 2 aliphatic rings. The SMILES string of the molecule is Cc1ccc(C)c(N2C(=O)[C@H]3Cc4ccccc4CN3C2=S)c1. The number of aryl methyl sites for hydroxylation is 2. The van der Waals surface area contributed by atoms with Crippen LogP contribution >= 0.6 is 12.2 Å². The van der Waals surface area contributed by atoms with Crippen molar-refractivity contribution in [1.82, 2.24) is 4.90 Å². The predicted molar refractivity (Wildman–Crippen MR) is 95.5 cm³/mol. The highest BCUT2D eigenvalue weighted by Gasteiger charge is 2.45. The lowest BCUT2D eigenvalue weighted by Crippen LogP contribution is -2.39. The highest BCUT2D eigenvalue weighted by molar-refractivity contribution is 7.80. The van der Waals surface area contributed by atoms with Crippen molar-refractivity contribution < 1.29 is 4.79 Å². The van der Waals surface area contributed by atoms with Crippen LogP contribution in [0.2, 0.25) is 0 Å². The monoisotopic (exact) mass is 322 g/mol. The third-order valence-corrected chi connectivity index (χ3v) is 5.21. The second-order valence-corrected chi connectivity index (χ2v) is 6.73. The van der Waals surface area contributed by atoms with Gasteiger partial charge in [0.2, 0.25) is 0 Å². The lowest BCUT2D eigenvalue weighted by Gasteiger charge is -2.30. The van der Waals surface area contributed by atoms with E-state index in [-0.39, 0.29) is 11.9 Å². The third kappa shape index (κ3) is 2.17. The summed E-state index contributed by atoms with van der Waals surface area (Å²) in [7, 11) is 0. The van der Waals surface area contributed by atoms with E-state index in [1.165, 1.54) is 11.1 Å². The van der Waals surface area contributed by atoms with Gasteiger partial charge in [-0.1, -0.05) is 36.4 Å². The van der Waals surface area contributed by atoms with Crippen molar-refractivity contribution in [3.8, 4) is 0 Å². The number of anilines is 1. The van der Waals surface area contributed by atoms with Gasteiger partial charge >= 0.3 is 0 Å². The van der Waals surface area contributed by atoms with Crippen molar-refractivity contribution in [3.05, 3.63) is 64.7 Å². The molecule has 2 heterocycles. The minimum absolute atomic E-state index is 0.0956. The molecule has 1 atom stereocenters. The summed E-state index contributed by atoms with van der Waals surface area (Å²) in [5.74, 6) is 0.0956. The van der Waals surface area contributed by atoms with Crippen molar-refractivity contribution >= 4 is 28.9 Å². The van der Waals surface area contributed by atoms with Gasteiger partial charge in [-0.15, -0.1) is 0 Å². The van der Waals surface area contributed by atoms with Crippen LogP contribution in [0.3, 0.4) is 0 Å². The molecule has 0 unspecified atom stereocenters. The van der Waals surface area contributed by atoms with E-state index in [0.29, 0.717) is 11.7 Å². The molecule has 3 nitrogen and oxygen atoms in total. The van der Waals surface area contributed by atoms with Crippen molar-refractivity contribution in [3.63, 3.8) is 0 Å². The molecular formula is C19H18N2OS. The Hall–Kier alpha value is -2.20. The maximum absolute atomic E-state index is 13.0. The van der Waals surface area contributed by atoms with E-state index in [9.17, 15) is 4.79 Å². The average molecular weight is 322 g/mol. The maximum Gasteiger partial charge on any atom is 0.256 e. The summed E-state index contributed by atoms with van der Waals surface area (Å²) in [6.45, 7) is 4.78. The van der Waals surface area contributed by atoms with Crippen molar-refractivity contribution in [2.75, 3.05) is 4.90 Å². The number of benzene rings is 2. The molecule has 0 aliphatic carbocycles. The molecule has 4 heteroatoms. The largest absolute Gasteiger partial charge is 0.332 e. The first-order chi connectivity index (χ1) is 11.1. The summed E-state index contributed by atoms with van der Waals surface area (Å²) in [5, 5.41) is 0.628. The number of rotatable bonds is 1. The van der Waals surface area contributed by atoms with E-state index in [2.05, 4.69) is 23.1 Å². The Labute approximate surface area is 141 Å². The summed E-state index contributed by atoms with van der Waals surface area (Å²) in [5.41, 5.74) is 5.64. The molecule has 0 N–H and O–H groups in total. The Morgan fingerprint density at radius 2 is 1.83 bits per heavy atom. The summed E-state index contributed by atoms with van der Waals surface area (Å²) in [4.78, 5) is 16.8. The molecule has 2 aromatic carbocycles. The topological polar surface area (TPSA) is 23.6 Å². The van der Waals surface area contributed by atoms with E-state index >= 15 is 0 Å². The molecule has 0 spiro atoms. The van der Waals surface area contributed by atoms with Crippen LogP contribution < -0.4 is 4.90 Å². The standard InChI is InChI=1S/C19H18N2OS/c1-12-7-8-13(2)16(9-12)21-18(22)17-10-14-5-3-4-6-15(14)11-20(17)19(21)23/h3-9,17H,10-11H2,1-2H3/t17-/m1/s1. The number of carbonyl (C=O) groups is 1. The molecule has 0 bridgehead atoms. The highest BCUT2D eigenvalue weighted by Crippen LogP contribution is 2.34. The Morgan fingerprint density at radius 3 is 2.61 bits per heavy atom. The van der Waals surface area contributed by atoms with Gasteiger partial charge in [-0.3, -0.25) is 9.69 Å². The molecule has 1 fully saturated rings. The first-order valence-corrected chi connectivity index (χ1v) is 8.25. The number of thiocarbonyl (C=S) groups is 1. The summed E-state index contributed by atoms with van der Waals surface area (Å²) in [6, 6.07) is 14.3. The van der Waals surface area contributed by atoms with Gasteiger partial charge < -0.3 is 4.90 Å². The van der Waals surface area contributed by atoms with E-state index in [1.54, 1.807) is 4.90 Å². The van der Waals surface area contributed by atoms with Gasteiger partial charge in [0.15, 0.2) is 5.11 Å². The fourth-order valence-electron chi connectivity index (χ4n) is 3.50. The van der Waals surface area contributed by atoms with E-state index in [1.807, 2.05) is 38.1 Å². The van der Waals surface area contributed by atoms with Crippen LogP contribution in [-0.2, 0) is 17.8 Å². The van der Waals surface area contributed by atoms with Crippen LogP contribution in [0.1, 0.15) is 22.3 Å². The molecule has 116 valence electrons. The summed E-state index contributed by atoms with van der Waals surface area (Å²) < 4.78 is 0. The molecule has 1 amide bonds. The number of fused-ring (bicyclic) bond motifs is 2. The molecule has 0 saturated carbocycles. The van der Waals surface area contributed by atoms with E-state index in [0.717, 1.165) is 23.2 Å². The van der Waals surface area contributed by atoms with Crippen LogP contribution in [0.25, 0.3) is 0 Å². The van der Waals surface area contributed by atoms with Crippen LogP contribution in [0.15, 0.2) is 42.5 Å². The number of nitrogens with zero attached hydrogens (tertiary/aromatic N) is 2. The first kappa shape index (κ1) is 14.4. The molecular weight excluding hydrogens is 304 g/mol. The fourth-order valence-corrected chi connectivity index (χ4v) is 3.88. The predicted octanol–water partition coefficient (Wildman–Crippen LogP) is 3.36. The van der Waals surface area contributed by atoms with Gasteiger partial charge in [0, 0.05) is 13.0 Å². The molecule has 23 heavy (non-hydrogen) atoms. The number of carbonyl (C=O) groups excluding carboxylic acids is 1. The molecule has 1 saturated heterocycles. The lowest BCUT2D eigenvalue weighted by molar-refractivity contribution is -0.120. The molecule has 2 aliphatic heterocycles. The zero-order valence-corrected chi connectivity index (χ0v) is 14.1. The molecule has 2 aromatic rings. The van der Waals surface area contributed by atoms with E-state index in [4.69, 9.17) is 12.2 Å². The zero-order chi connectivity index (χ0) is 16.1. The summed E-state index contributed by atoms with van der Waals surface area (Å²) >= 11 is 5.66. The maximum atomic E-state index is 13.0. The smallest absolute Gasteiger partial charge is 0.256 e. The lowest BCUT2D eigenvalue weighted by atomic mass is 9.95. The Balaban J connectivity index is 1.75. The summed E-state index contributed by atoms with van der Waals surface area (Å²) in [6.07, 6.45) is 0.733. The third-order valence-electron chi connectivity index (χ3n) is 4.80. The Kier molecular flexibility index (Phi) is 3.23. The molecule has 4 rings (SSSR count). The highest BCUT2D eigenvalue weighted by atomic mass is 32.1. The quantitative estimate of drug-likeness (QED) is 0.752. The van der Waals surface area contributed by atoms with Gasteiger partial charge in [0.05, 0.1) is 5.69 Å². The number of hydrogen-bond donors (Lipinski definition) is 0. The van der Waals surface area contributed by atoms with E-state index < -0.39 is 0 Å². The van der Waals surface area contributed by atoms with Crippen molar-refractivity contribution in [1.29, 1.82) is 0 Å². The van der Waals surface area contributed by atoms with Gasteiger partial charge in [0.25, 0.3) is 5.91 Å². The van der Waals surface area contributed by atoms with Gasteiger partial charge in [-0.05, 0) is 54.4 Å². The van der Waals surface area contributed by atoms with Crippen molar-refractivity contribution in [2.24, 2.45) is 0 Å². The molecule has 0 radical (unpaired) electrons. The Morgan fingerprint density at radius 1 is 1.09 bits per heavy atom. The van der Waals surface area contributed by atoms with Crippen LogP contribution in [0, 0.1) is 13.8 Å². The Bertz CT molecular complexity index is 787. The minimum Gasteiger partial charge on any atom is -0.332 e. The average Bonchev–Trinajstić information content (AvgIpc) is 2.79. The van der Waals surface area contributed by atoms with Gasteiger partial charge in [-0.25, -0.2) is 0 Å². The zero-order valence-electron chi connectivity index (χ0n) is 13.2. The van der Waals surface area contributed by atoms with Gasteiger partial charge in [0.1, 0.15) is 6.04 Å². The van der Waals surface area contributed by atoms with Crippen molar-refractivity contribution in [2.45, 2.75) is 32.9 Å². The van der Waals surface area contributed by atoms with Gasteiger partial charge in [-0.2, -0.15) is 0 Å². The second-order valence-electron chi connectivity index (χ2n) is 6.36. The number of hydrogen-bond acceptors (Lipinski definition) is 2. The minimum atomic E-state index is -0.169. The second kappa shape index (κ2) is 5.17. The fraction of sp³-hybridized carbons (Fsp3) is 0.263. The van der Waals surface area contributed by atoms with Crippen LogP contribution in [0.4, 0.5) is 5.69 Å². The number of amides is 1. The van der Waals surface area contributed by atoms with Crippen LogP contribution in [0.5, 0.6) is 0 Å². The normalized spacial score (nSPS) is 19.8. The van der Waals surface area contributed by atoms with Crippen LogP contribution in [-0.4, -0.2) is 22.0 Å². The molecule has 0 aromatic heterocycles.